The van der Waals surface area contributed by atoms with Gasteiger partial charge in [-0.25, -0.2) is 9.97 Å². The molecule has 4 aromatic heterocycles. The lowest BCUT2D eigenvalue weighted by atomic mass is 9.73. The van der Waals surface area contributed by atoms with Crippen LogP contribution >= 0.6 is 11.3 Å². The van der Waals surface area contributed by atoms with E-state index >= 15 is 0 Å². The third kappa shape index (κ3) is 4.30. The van der Waals surface area contributed by atoms with Crippen molar-refractivity contribution < 1.29 is 4.42 Å². The van der Waals surface area contributed by atoms with Crippen molar-refractivity contribution in [1.82, 2.24) is 14.5 Å². The van der Waals surface area contributed by atoms with E-state index in [1.165, 1.54) is 42.3 Å². The number of rotatable bonds is 5. The standard InChI is InChI=1S/C49H33N3OS/c1-4-5-23-37-43(52-44-36(22-14-24-38(44)49(37,2)3)47-45(52)34-19-8-11-27-41(34)54-47)29-15-12-16-30(28-29)48-50-39-25-9-6-18-33(39)42(51-48)35-21-13-20-32-31-17-7-10-26-40(31)53-46(32)35/h4-28H,1H2,2-3H3/b23-5-. The zero-order valence-electron chi connectivity index (χ0n) is 29.8. The molecule has 54 heavy (non-hydrogen) atoms. The number of allylic oxidation sites excluding steroid dienone is 4. The van der Waals surface area contributed by atoms with Gasteiger partial charge in [0.1, 0.15) is 11.2 Å². The first kappa shape index (κ1) is 31.0. The average Bonchev–Trinajstić information content (AvgIpc) is 3.88. The van der Waals surface area contributed by atoms with Crippen molar-refractivity contribution in [2.24, 2.45) is 0 Å². The van der Waals surface area contributed by atoms with E-state index in [-0.39, 0.29) is 5.41 Å². The molecule has 1 aliphatic rings. The SMILES string of the molecule is C=C/C=C\C1=C(c2cccc(-c3nc(-c4cccc5c4oc4ccccc45)c4ccccc4n3)c2)n2c3c(cccc3c3sc4ccccc4c32)C1(C)C. The van der Waals surface area contributed by atoms with Crippen molar-refractivity contribution in [3.05, 3.63) is 175 Å². The molecule has 1 aliphatic heterocycles. The second-order valence-electron chi connectivity index (χ2n) is 14.6. The van der Waals surface area contributed by atoms with Crippen LogP contribution in [0.15, 0.2) is 168 Å². The number of benzene rings is 6. The van der Waals surface area contributed by atoms with Crippen molar-refractivity contribution in [3.8, 4) is 22.6 Å². The Morgan fingerprint density at radius 3 is 2.30 bits per heavy atom. The minimum absolute atomic E-state index is 0.283. The van der Waals surface area contributed by atoms with Crippen molar-refractivity contribution in [1.29, 1.82) is 0 Å². The maximum Gasteiger partial charge on any atom is 0.160 e. The summed E-state index contributed by atoms with van der Waals surface area (Å²) in [6, 6.07) is 47.1. The van der Waals surface area contributed by atoms with Crippen LogP contribution in [0.2, 0.25) is 0 Å². The Balaban J connectivity index is 1.18. The Morgan fingerprint density at radius 1 is 0.685 bits per heavy atom. The summed E-state index contributed by atoms with van der Waals surface area (Å²) in [5, 5.41) is 5.71. The van der Waals surface area contributed by atoms with Crippen LogP contribution in [0.5, 0.6) is 0 Å². The van der Waals surface area contributed by atoms with Gasteiger partial charge in [-0.05, 0) is 47.0 Å². The third-order valence-corrected chi connectivity index (χ3v) is 12.4. The molecule has 0 radical (unpaired) electrons. The first-order valence-corrected chi connectivity index (χ1v) is 19.1. The molecule has 5 heteroatoms. The molecule has 0 saturated carbocycles. The van der Waals surface area contributed by atoms with E-state index in [2.05, 4.69) is 152 Å². The zero-order chi connectivity index (χ0) is 36.1. The quantitative estimate of drug-likeness (QED) is 0.167. The van der Waals surface area contributed by atoms with Crippen LogP contribution in [-0.2, 0) is 5.41 Å². The van der Waals surface area contributed by atoms with Gasteiger partial charge in [0.25, 0.3) is 0 Å². The normalized spacial score (nSPS) is 14.2. The predicted octanol–water partition coefficient (Wildman–Crippen LogP) is 13.5. The highest BCUT2D eigenvalue weighted by Crippen LogP contribution is 2.52. The first-order valence-electron chi connectivity index (χ1n) is 18.3. The van der Waals surface area contributed by atoms with Gasteiger partial charge in [-0.15, -0.1) is 11.3 Å². The van der Waals surface area contributed by atoms with Gasteiger partial charge >= 0.3 is 0 Å². The molecular weight excluding hydrogens is 679 g/mol. The number of nitrogens with zero attached hydrogens (tertiary/aromatic N) is 3. The van der Waals surface area contributed by atoms with Crippen LogP contribution in [0.25, 0.3) is 92.4 Å². The maximum absolute atomic E-state index is 6.52. The highest BCUT2D eigenvalue weighted by Gasteiger charge is 2.37. The maximum atomic E-state index is 6.52. The molecule has 0 bridgehead atoms. The number of thiophene rings is 1. The van der Waals surface area contributed by atoms with E-state index < -0.39 is 0 Å². The molecular formula is C49H33N3OS. The number of hydrogen-bond donors (Lipinski definition) is 0. The minimum Gasteiger partial charge on any atom is -0.455 e. The van der Waals surface area contributed by atoms with Gasteiger partial charge in [-0.2, -0.15) is 0 Å². The lowest BCUT2D eigenvalue weighted by Gasteiger charge is -2.36. The van der Waals surface area contributed by atoms with Crippen LogP contribution in [0, 0.1) is 0 Å². The van der Waals surface area contributed by atoms with Crippen LogP contribution < -0.4 is 0 Å². The Bertz CT molecular complexity index is 3280. The molecule has 0 N–H and O–H groups in total. The summed E-state index contributed by atoms with van der Waals surface area (Å²) in [7, 11) is 0. The summed E-state index contributed by atoms with van der Waals surface area (Å²) >= 11 is 1.88. The molecule has 0 amide bonds. The van der Waals surface area contributed by atoms with E-state index in [1.54, 1.807) is 0 Å². The lowest BCUT2D eigenvalue weighted by molar-refractivity contribution is 0.634. The summed E-state index contributed by atoms with van der Waals surface area (Å²) in [5.74, 6) is 0.668. The van der Waals surface area contributed by atoms with Gasteiger partial charge in [0.15, 0.2) is 5.82 Å². The topological polar surface area (TPSA) is 43.9 Å². The van der Waals surface area contributed by atoms with Crippen LogP contribution in [0.1, 0.15) is 25.0 Å². The van der Waals surface area contributed by atoms with Gasteiger partial charge < -0.3 is 8.98 Å². The second kappa shape index (κ2) is 11.5. The van der Waals surface area contributed by atoms with Gasteiger partial charge in [-0.1, -0.05) is 142 Å². The fraction of sp³-hybridized carbons (Fsp3) is 0.0612. The number of fused-ring (bicyclic) bond motifs is 9. The van der Waals surface area contributed by atoms with E-state index in [9.17, 15) is 0 Å². The third-order valence-electron chi connectivity index (χ3n) is 11.2. The van der Waals surface area contributed by atoms with Gasteiger partial charge in [0.2, 0.25) is 0 Å². The summed E-state index contributed by atoms with van der Waals surface area (Å²) in [6.07, 6.45) is 6.18. The fourth-order valence-corrected chi connectivity index (χ4v) is 9.91. The highest BCUT2D eigenvalue weighted by molar-refractivity contribution is 7.26. The Kier molecular flexibility index (Phi) is 6.59. The first-order chi connectivity index (χ1) is 26.5. The predicted molar refractivity (Wildman–Crippen MR) is 227 cm³/mol. The van der Waals surface area contributed by atoms with E-state index in [4.69, 9.17) is 14.4 Å². The van der Waals surface area contributed by atoms with Crippen LogP contribution in [0.4, 0.5) is 0 Å². The van der Waals surface area contributed by atoms with Crippen LogP contribution in [0.3, 0.4) is 0 Å². The summed E-state index contributed by atoms with van der Waals surface area (Å²) in [5.41, 5.74) is 12.4. The minimum atomic E-state index is -0.283. The molecule has 0 atom stereocenters. The van der Waals surface area contributed by atoms with Crippen molar-refractivity contribution in [2.75, 3.05) is 0 Å². The summed E-state index contributed by atoms with van der Waals surface area (Å²) in [4.78, 5) is 10.6. The summed E-state index contributed by atoms with van der Waals surface area (Å²) in [6.45, 7) is 8.73. The average molecular weight is 712 g/mol. The number of para-hydroxylation sites is 4. The molecule has 10 aromatic rings. The largest absolute Gasteiger partial charge is 0.455 e. The Hall–Kier alpha value is -6.56. The van der Waals surface area contributed by atoms with E-state index in [1.807, 2.05) is 35.6 Å². The van der Waals surface area contributed by atoms with Gasteiger partial charge in [-0.3, -0.25) is 0 Å². The number of furan rings is 1. The summed E-state index contributed by atoms with van der Waals surface area (Å²) < 4.78 is 11.7. The molecule has 0 unspecified atom stereocenters. The lowest BCUT2D eigenvalue weighted by Crippen LogP contribution is -2.27. The van der Waals surface area contributed by atoms with Crippen molar-refractivity contribution in [2.45, 2.75) is 19.3 Å². The second-order valence-corrected chi connectivity index (χ2v) is 15.6. The van der Waals surface area contributed by atoms with Crippen molar-refractivity contribution >= 4 is 81.1 Å². The molecule has 4 nitrogen and oxygen atoms in total. The zero-order valence-corrected chi connectivity index (χ0v) is 30.6. The van der Waals surface area contributed by atoms with Gasteiger partial charge in [0.05, 0.1) is 32.6 Å². The van der Waals surface area contributed by atoms with E-state index in [0.717, 1.165) is 60.9 Å². The molecule has 0 aliphatic carbocycles. The molecule has 5 heterocycles. The molecule has 6 aromatic carbocycles. The molecule has 0 fully saturated rings. The fourth-order valence-electron chi connectivity index (χ4n) is 8.69. The number of hydrogen-bond acceptors (Lipinski definition) is 4. The van der Waals surface area contributed by atoms with Crippen LogP contribution in [-0.4, -0.2) is 14.5 Å². The molecule has 11 rings (SSSR count). The Labute approximate surface area is 315 Å². The van der Waals surface area contributed by atoms with E-state index in [0.29, 0.717) is 5.82 Å². The highest BCUT2D eigenvalue weighted by atomic mass is 32.1. The van der Waals surface area contributed by atoms with Crippen molar-refractivity contribution in [3.63, 3.8) is 0 Å². The molecule has 0 saturated heterocycles. The molecule has 0 spiro atoms. The number of aromatic nitrogens is 3. The Morgan fingerprint density at radius 2 is 1.41 bits per heavy atom. The van der Waals surface area contributed by atoms with Gasteiger partial charge in [0, 0.05) is 48.2 Å². The smallest absolute Gasteiger partial charge is 0.160 e. The monoisotopic (exact) mass is 711 g/mol. The molecule has 256 valence electrons.